The number of nitrogens with zero attached hydrogens (tertiary/aromatic N) is 2. The van der Waals surface area contributed by atoms with Gasteiger partial charge in [-0.1, -0.05) is 0 Å². The monoisotopic (exact) mass is 85.0 g/mol. The molecule has 0 aromatic rings. The molecule has 0 aromatic carbocycles. The average molecular weight is 85.1 g/mol. The first-order valence-electron chi connectivity index (χ1n) is 1.14. The maximum Gasteiger partial charge on any atom is 0.279 e. The summed E-state index contributed by atoms with van der Waals surface area (Å²) in [5, 5.41) is 11.2. The minimum atomic E-state index is -0.574. The number of hydrogen-bond acceptors (Lipinski definition) is 3. The van der Waals surface area contributed by atoms with Crippen LogP contribution < -0.4 is 0 Å². The smallest absolute Gasteiger partial charge is 0.263 e. The van der Waals surface area contributed by atoms with Gasteiger partial charge in [0, 0.05) is 0 Å². The molecule has 0 unspecified atom stereocenters. The van der Waals surface area contributed by atoms with Crippen LogP contribution >= 0.6 is 0 Å². The third-order valence-electron chi connectivity index (χ3n) is 0.212. The van der Waals surface area contributed by atoms with Crippen molar-refractivity contribution in [3.05, 3.63) is 0 Å². The van der Waals surface area contributed by atoms with Crippen LogP contribution in [0.1, 0.15) is 0 Å². The second-order valence-corrected chi connectivity index (χ2v) is 0.547. The standard InChI is InChI=1S/CH3N5/c2-1(5-3)6-4/h2-4H. The Morgan fingerprint density at radius 2 is 1.50 bits per heavy atom. The zero-order valence-electron chi connectivity index (χ0n) is 2.89. The van der Waals surface area contributed by atoms with E-state index >= 15 is 0 Å². The van der Waals surface area contributed by atoms with Gasteiger partial charge in [0.2, 0.25) is 0 Å². The lowest BCUT2D eigenvalue weighted by Crippen LogP contribution is -1.75. The summed E-state index contributed by atoms with van der Waals surface area (Å²) in [7, 11) is 0. The van der Waals surface area contributed by atoms with Crippen molar-refractivity contribution in [1.29, 1.82) is 16.5 Å². The topological polar surface area (TPSA) is 96.3 Å². The Morgan fingerprint density at radius 1 is 1.17 bits per heavy atom. The van der Waals surface area contributed by atoms with Gasteiger partial charge in [0.15, 0.2) is 0 Å². The van der Waals surface area contributed by atoms with E-state index in [0.29, 0.717) is 0 Å². The van der Waals surface area contributed by atoms with Gasteiger partial charge in [0.25, 0.3) is 5.96 Å². The fourth-order valence-electron chi connectivity index (χ4n) is 0.0250. The second kappa shape index (κ2) is 2.13. The highest BCUT2D eigenvalue weighted by molar-refractivity contribution is 5.76. The molecule has 0 bridgehead atoms. The third-order valence-corrected chi connectivity index (χ3v) is 0.212. The number of hydrogen-bond donors (Lipinski definition) is 3. The molecule has 0 amide bonds. The Hall–Kier alpha value is -1.13. The zero-order chi connectivity index (χ0) is 4.99. The average Bonchev–Trinajstić information content (AvgIpc) is 1.65. The van der Waals surface area contributed by atoms with E-state index in [1.54, 1.807) is 0 Å². The molecule has 3 N–H and O–H groups in total. The minimum absolute atomic E-state index is 0.574. The normalized spacial score (nSPS) is 6.67. The SMILES string of the molecule is N=NC(=N)N=N. The van der Waals surface area contributed by atoms with Gasteiger partial charge in [0.1, 0.15) is 0 Å². The summed E-state index contributed by atoms with van der Waals surface area (Å²) in [6.45, 7) is 0. The van der Waals surface area contributed by atoms with E-state index in [9.17, 15) is 0 Å². The van der Waals surface area contributed by atoms with Crippen molar-refractivity contribution in [2.45, 2.75) is 0 Å². The van der Waals surface area contributed by atoms with E-state index in [1.807, 2.05) is 0 Å². The fraction of sp³-hybridized carbons (Fsp3) is 0. The Labute approximate surface area is 33.9 Å². The van der Waals surface area contributed by atoms with Crippen molar-refractivity contribution < 1.29 is 0 Å². The zero-order valence-corrected chi connectivity index (χ0v) is 2.89. The summed E-state index contributed by atoms with van der Waals surface area (Å²) < 4.78 is 0. The van der Waals surface area contributed by atoms with Gasteiger partial charge in [-0.15, -0.1) is 10.2 Å². The molecule has 6 heavy (non-hydrogen) atoms. The first kappa shape index (κ1) is 4.87. The van der Waals surface area contributed by atoms with Gasteiger partial charge in [-0.2, -0.15) is 0 Å². The fourth-order valence-corrected chi connectivity index (χ4v) is 0.0250. The van der Waals surface area contributed by atoms with Crippen molar-refractivity contribution in [2.75, 3.05) is 0 Å². The van der Waals surface area contributed by atoms with Crippen LogP contribution in [0.4, 0.5) is 0 Å². The molecular weight excluding hydrogens is 82.0 g/mol. The van der Waals surface area contributed by atoms with Crippen molar-refractivity contribution in [1.82, 2.24) is 0 Å². The molecule has 0 spiro atoms. The van der Waals surface area contributed by atoms with Crippen LogP contribution in [0.25, 0.3) is 0 Å². The predicted octanol–water partition coefficient (Wildman–Crippen LogP) is 0.983. The predicted molar refractivity (Wildman–Crippen MR) is 18.0 cm³/mol. The van der Waals surface area contributed by atoms with Crippen LogP contribution in [0, 0.1) is 16.5 Å². The van der Waals surface area contributed by atoms with E-state index in [0.717, 1.165) is 0 Å². The number of rotatable bonds is 0. The van der Waals surface area contributed by atoms with Crippen LogP contribution in [0.5, 0.6) is 0 Å². The lowest BCUT2D eigenvalue weighted by molar-refractivity contribution is 1.07. The Bertz CT molecular complexity index is 71.9. The highest BCUT2D eigenvalue weighted by Crippen LogP contribution is 1.70. The summed E-state index contributed by atoms with van der Waals surface area (Å²) in [6, 6.07) is 0. The molecule has 0 fully saturated rings. The van der Waals surface area contributed by atoms with Gasteiger partial charge in [0.05, 0.1) is 0 Å². The molecular formula is CH3N5. The summed E-state index contributed by atoms with van der Waals surface area (Å²) in [6.07, 6.45) is 0. The molecule has 32 valence electrons. The highest BCUT2D eigenvalue weighted by atomic mass is 15.2. The van der Waals surface area contributed by atoms with Crippen LogP contribution in [0.2, 0.25) is 0 Å². The minimum Gasteiger partial charge on any atom is -0.263 e. The Morgan fingerprint density at radius 3 is 1.50 bits per heavy atom. The van der Waals surface area contributed by atoms with Crippen molar-refractivity contribution >= 4 is 5.96 Å². The summed E-state index contributed by atoms with van der Waals surface area (Å²) in [5.74, 6) is -0.574. The van der Waals surface area contributed by atoms with Crippen LogP contribution in [-0.4, -0.2) is 5.96 Å². The summed E-state index contributed by atoms with van der Waals surface area (Å²) in [4.78, 5) is 0. The molecule has 0 rings (SSSR count). The first-order valence-corrected chi connectivity index (χ1v) is 1.14. The van der Waals surface area contributed by atoms with E-state index in [2.05, 4.69) is 10.2 Å². The van der Waals surface area contributed by atoms with Gasteiger partial charge in [-0.05, 0) is 0 Å². The summed E-state index contributed by atoms with van der Waals surface area (Å²) in [5.41, 5.74) is 12.0. The number of guanidine groups is 1. The molecule has 0 heterocycles. The summed E-state index contributed by atoms with van der Waals surface area (Å²) >= 11 is 0. The molecule has 0 atom stereocenters. The first-order chi connectivity index (χ1) is 2.81. The third kappa shape index (κ3) is 1.22. The molecule has 0 saturated heterocycles. The van der Waals surface area contributed by atoms with E-state index < -0.39 is 5.96 Å². The molecule has 0 aliphatic heterocycles. The quantitative estimate of drug-likeness (QED) is 0.222. The van der Waals surface area contributed by atoms with E-state index in [1.165, 1.54) is 0 Å². The molecule has 0 saturated carbocycles. The van der Waals surface area contributed by atoms with Crippen LogP contribution in [0.3, 0.4) is 0 Å². The Kier molecular flexibility index (Phi) is 1.73. The second-order valence-electron chi connectivity index (χ2n) is 0.547. The highest BCUT2D eigenvalue weighted by Gasteiger charge is 1.76. The van der Waals surface area contributed by atoms with Crippen molar-refractivity contribution in [3.8, 4) is 0 Å². The molecule has 0 aliphatic rings. The molecule has 0 radical (unpaired) electrons. The van der Waals surface area contributed by atoms with Crippen molar-refractivity contribution in [2.24, 2.45) is 10.2 Å². The molecule has 0 aromatic heterocycles. The number of nitrogens with one attached hydrogen (secondary N) is 3. The van der Waals surface area contributed by atoms with Crippen molar-refractivity contribution in [3.63, 3.8) is 0 Å². The van der Waals surface area contributed by atoms with Gasteiger partial charge in [-0.3, -0.25) is 5.41 Å². The lowest BCUT2D eigenvalue weighted by Gasteiger charge is -1.69. The van der Waals surface area contributed by atoms with E-state index in [4.69, 9.17) is 16.5 Å². The molecule has 5 heteroatoms. The van der Waals surface area contributed by atoms with Crippen LogP contribution in [0.15, 0.2) is 10.2 Å². The molecule has 0 aliphatic carbocycles. The lowest BCUT2D eigenvalue weighted by atomic mass is 11.1. The maximum absolute atomic E-state index is 6.28. The maximum atomic E-state index is 6.28. The van der Waals surface area contributed by atoms with Gasteiger partial charge in [-0.25, -0.2) is 11.1 Å². The van der Waals surface area contributed by atoms with Crippen LogP contribution in [-0.2, 0) is 0 Å². The largest absolute Gasteiger partial charge is 0.279 e. The van der Waals surface area contributed by atoms with Gasteiger partial charge < -0.3 is 0 Å². The molecule has 5 nitrogen and oxygen atoms in total. The van der Waals surface area contributed by atoms with Gasteiger partial charge >= 0.3 is 0 Å². The Balaban J connectivity index is 3.52. The van der Waals surface area contributed by atoms with E-state index in [-0.39, 0.29) is 0 Å².